The minimum absolute atomic E-state index is 0.00856. The highest BCUT2D eigenvalue weighted by Crippen LogP contribution is 2.35. The van der Waals surface area contributed by atoms with E-state index in [0.717, 1.165) is 12.1 Å². The molecule has 0 amide bonds. The van der Waals surface area contributed by atoms with Gasteiger partial charge in [0.05, 0.1) is 5.92 Å². The van der Waals surface area contributed by atoms with E-state index in [-0.39, 0.29) is 19.0 Å². The molecule has 0 aromatic heterocycles. The molecule has 1 heterocycles. The first-order valence-corrected chi connectivity index (χ1v) is 6.54. The van der Waals surface area contributed by atoms with Crippen LogP contribution < -0.4 is 5.73 Å². The van der Waals surface area contributed by atoms with Crippen LogP contribution in [0.25, 0.3) is 0 Å². The van der Waals surface area contributed by atoms with Gasteiger partial charge >= 0.3 is 6.18 Å². The molecule has 1 saturated heterocycles. The van der Waals surface area contributed by atoms with Gasteiger partial charge in [-0.25, -0.2) is 0 Å². The Bertz CT molecular complexity index is 414. The van der Waals surface area contributed by atoms with E-state index in [1.807, 2.05) is 24.0 Å². The fourth-order valence-corrected chi connectivity index (χ4v) is 2.61. The Hall–Kier alpha value is -1.23. The highest BCUT2D eigenvalue weighted by atomic mass is 19.4. The Kier molecular flexibility index (Phi) is 4.04. The zero-order valence-corrected chi connectivity index (χ0v) is 11.0. The third-order valence-electron chi connectivity index (χ3n) is 3.88. The van der Waals surface area contributed by atoms with Crippen LogP contribution in [0.15, 0.2) is 24.3 Å². The molecule has 0 spiro atoms. The van der Waals surface area contributed by atoms with E-state index < -0.39 is 12.1 Å². The topological polar surface area (TPSA) is 29.3 Å². The fourth-order valence-electron chi connectivity index (χ4n) is 2.61. The Morgan fingerprint density at radius 1 is 1.26 bits per heavy atom. The maximum absolute atomic E-state index is 12.8. The highest BCUT2D eigenvalue weighted by molar-refractivity contribution is 5.40. The molecule has 0 bridgehead atoms. The number of hydrogen-bond donors (Lipinski definition) is 1. The van der Waals surface area contributed by atoms with Gasteiger partial charge in [0.15, 0.2) is 0 Å². The Morgan fingerprint density at radius 3 is 2.47 bits per heavy atom. The molecular weight excluding hydrogens is 253 g/mol. The first-order chi connectivity index (χ1) is 8.88. The SMILES string of the molecule is CC(c1ccc(N)cc1)N1CCCC(C(F)(F)F)C1. The van der Waals surface area contributed by atoms with Crippen molar-refractivity contribution in [3.63, 3.8) is 0 Å². The molecule has 1 aliphatic rings. The fraction of sp³-hybridized carbons (Fsp3) is 0.571. The first-order valence-electron chi connectivity index (χ1n) is 6.54. The summed E-state index contributed by atoms with van der Waals surface area (Å²) in [6.07, 6.45) is -3.24. The molecule has 1 aliphatic heterocycles. The van der Waals surface area contributed by atoms with E-state index in [2.05, 4.69) is 0 Å². The van der Waals surface area contributed by atoms with Crippen LogP contribution in [0.3, 0.4) is 0 Å². The molecule has 1 aromatic carbocycles. The van der Waals surface area contributed by atoms with Gasteiger partial charge in [0.1, 0.15) is 0 Å². The second-order valence-corrected chi connectivity index (χ2v) is 5.22. The molecule has 2 nitrogen and oxygen atoms in total. The number of anilines is 1. The average molecular weight is 272 g/mol. The van der Waals surface area contributed by atoms with Gasteiger partial charge in [-0.15, -0.1) is 0 Å². The second kappa shape index (κ2) is 5.41. The lowest BCUT2D eigenvalue weighted by molar-refractivity contribution is -0.188. The van der Waals surface area contributed by atoms with Crippen LogP contribution in [0.2, 0.25) is 0 Å². The maximum atomic E-state index is 12.8. The largest absolute Gasteiger partial charge is 0.399 e. The van der Waals surface area contributed by atoms with Crippen molar-refractivity contribution >= 4 is 5.69 Å². The molecule has 1 aromatic rings. The van der Waals surface area contributed by atoms with Gasteiger partial charge in [-0.1, -0.05) is 12.1 Å². The lowest BCUT2D eigenvalue weighted by Crippen LogP contribution is -2.42. The molecule has 0 aliphatic carbocycles. The number of alkyl halides is 3. The molecule has 106 valence electrons. The van der Waals surface area contributed by atoms with Crippen molar-refractivity contribution in [2.75, 3.05) is 18.8 Å². The van der Waals surface area contributed by atoms with Crippen molar-refractivity contribution < 1.29 is 13.2 Å². The van der Waals surface area contributed by atoms with E-state index in [1.165, 1.54) is 0 Å². The summed E-state index contributed by atoms with van der Waals surface area (Å²) >= 11 is 0. The lowest BCUT2D eigenvalue weighted by Gasteiger charge is -2.37. The molecule has 2 N–H and O–H groups in total. The summed E-state index contributed by atoms with van der Waals surface area (Å²) in [7, 11) is 0. The summed E-state index contributed by atoms with van der Waals surface area (Å²) < 4.78 is 38.4. The van der Waals surface area contributed by atoms with Crippen LogP contribution in [-0.2, 0) is 0 Å². The third-order valence-corrected chi connectivity index (χ3v) is 3.88. The highest BCUT2D eigenvalue weighted by Gasteiger charge is 2.42. The van der Waals surface area contributed by atoms with Crippen molar-refractivity contribution in [1.82, 2.24) is 4.90 Å². The monoisotopic (exact) mass is 272 g/mol. The number of nitrogen functional groups attached to an aromatic ring is 1. The van der Waals surface area contributed by atoms with Crippen LogP contribution in [-0.4, -0.2) is 24.2 Å². The van der Waals surface area contributed by atoms with Gasteiger partial charge in [0.25, 0.3) is 0 Å². The smallest absolute Gasteiger partial charge is 0.393 e. The second-order valence-electron chi connectivity index (χ2n) is 5.22. The Labute approximate surface area is 111 Å². The van der Waals surface area contributed by atoms with Gasteiger partial charge in [-0.2, -0.15) is 13.2 Å². The number of piperidine rings is 1. The van der Waals surface area contributed by atoms with Crippen molar-refractivity contribution in [2.45, 2.75) is 32.0 Å². The number of nitrogens with zero attached hydrogens (tertiary/aromatic N) is 1. The Balaban J connectivity index is 2.06. The predicted molar refractivity (Wildman–Crippen MR) is 69.6 cm³/mol. The van der Waals surface area contributed by atoms with Crippen LogP contribution >= 0.6 is 0 Å². The van der Waals surface area contributed by atoms with Crippen molar-refractivity contribution in [2.24, 2.45) is 5.92 Å². The van der Waals surface area contributed by atoms with E-state index in [0.29, 0.717) is 12.1 Å². The van der Waals surface area contributed by atoms with Gasteiger partial charge in [0.2, 0.25) is 0 Å². The zero-order valence-electron chi connectivity index (χ0n) is 11.0. The van der Waals surface area contributed by atoms with Crippen LogP contribution in [0.4, 0.5) is 18.9 Å². The average Bonchev–Trinajstić information content (AvgIpc) is 2.38. The van der Waals surface area contributed by atoms with Crippen LogP contribution in [0.5, 0.6) is 0 Å². The molecule has 1 fully saturated rings. The van der Waals surface area contributed by atoms with Crippen molar-refractivity contribution in [3.05, 3.63) is 29.8 Å². The first kappa shape index (κ1) is 14.2. The van der Waals surface area contributed by atoms with Crippen molar-refractivity contribution in [3.8, 4) is 0 Å². The van der Waals surface area contributed by atoms with Gasteiger partial charge in [0, 0.05) is 18.3 Å². The zero-order chi connectivity index (χ0) is 14.0. The van der Waals surface area contributed by atoms with Gasteiger partial charge in [-0.3, -0.25) is 4.90 Å². The standard InChI is InChI=1S/C14H19F3N2/c1-10(11-4-6-13(18)7-5-11)19-8-2-3-12(9-19)14(15,16)17/h4-7,10,12H,2-3,8-9,18H2,1H3. The summed E-state index contributed by atoms with van der Waals surface area (Å²) in [6.45, 7) is 2.76. The van der Waals surface area contributed by atoms with Gasteiger partial charge in [-0.05, 0) is 44.0 Å². The molecule has 2 rings (SSSR count). The summed E-state index contributed by atoms with van der Waals surface area (Å²) in [5.41, 5.74) is 7.30. The molecule has 5 heteroatoms. The lowest BCUT2D eigenvalue weighted by atomic mass is 9.95. The maximum Gasteiger partial charge on any atom is 0.393 e. The molecule has 2 unspecified atom stereocenters. The number of halogens is 3. The number of likely N-dealkylation sites (tertiary alicyclic amines) is 1. The van der Waals surface area contributed by atoms with Crippen molar-refractivity contribution in [1.29, 1.82) is 0 Å². The number of nitrogens with two attached hydrogens (primary N) is 1. The Morgan fingerprint density at radius 2 is 1.89 bits per heavy atom. The van der Waals surface area contributed by atoms with Crippen LogP contribution in [0, 0.1) is 5.92 Å². The van der Waals surface area contributed by atoms with E-state index in [1.54, 1.807) is 12.1 Å². The molecule has 0 radical (unpaired) electrons. The van der Waals surface area contributed by atoms with E-state index >= 15 is 0 Å². The third kappa shape index (κ3) is 3.41. The number of hydrogen-bond acceptors (Lipinski definition) is 2. The summed E-state index contributed by atoms with van der Waals surface area (Å²) in [6, 6.07) is 7.34. The van der Waals surface area contributed by atoms with Crippen LogP contribution in [0.1, 0.15) is 31.4 Å². The van der Waals surface area contributed by atoms with E-state index in [9.17, 15) is 13.2 Å². The quantitative estimate of drug-likeness (QED) is 0.833. The minimum Gasteiger partial charge on any atom is -0.399 e. The number of rotatable bonds is 2. The summed E-state index contributed by atoms with van der Waals surface area (Å²) in [4.78, 5) is 1.91. The summed E-state index contributed by atoms with van der Waals surface area (Å²) in [5, 5.41) is 0. The van der Waals surface area contributed by atoms with E-state index in [4.69, 9.17) is 5.73 Å². The molecule has 19 heavy (non-hydrogen) atoms. The number of benzene rings is 1. The van der Waals surface area contributed by atoms with Gasteiger partial charge < -0.3 is 5.73 Å². The molecular formula is C14H19F3N2. The predicted octanol–water partition coefficient (Wildman–Crippen LogP) is 3.60. The normalized spacial score (nSPS) is 23.3. The minimum atomic E-state index is -4.08. The molecule has 0 saturated carbocycles. The summed E-state index contributed by atoms with van der Waals surface area (Å²) in [5.74, 6) is -1.20. The molecule has 2 atom stereocenters.